The van der Waals surface area contributed by atoms with Gasteiger partial charge in [-0.15, -0.1) is 0 Å². The lowest BCUT2D eigenvalue weighted by Gasteiger charge is -2.33. The van der Waals surface area contributed by atoms with Crippen LogP contribution in [0.4, 0.5) is 17.1 Å². The first kappa shape index (κ1) is 36.5. The molecule has 0 fully saturated rings. The summed E-state index contributed by atoms with van der Waals surface area (Å²) in [5.74, 6) is 0. The molecular formula is C64H43N. The van der Waals surface area contributed by atoms with Gasteiger partial charge in [-0.1, -0.05) is 196 Å². The van der Waals surface area contributed by atoms with Gasteiger partial charge in [-0.3, -0.25) is 0 Å². The van der Waals surface area contributed by atoms with Crippen LogP contribution in [0.1, 0.15) is 47.2 Å². The van der Waals surface area contributed by atoms with Gasteiger partial charge >= 0.3 is 0 Å². The van der Waals surface area contributed by atoms with E-state index in [1.54, 1.807) is 0 Å². The van der Waals surface area contributed by atoms with Gasteiger partial charge in [-0.2, -0.15) is 0 Å². The lowest BCUT2D eigenvalue weighted by molar-refractivity contribution is 0.660. The fraction of sp³-hybridized carbons (Fsp3) is 0.0625. The molecule has 3 aliphatic carbocycles. The Balaban J connectivity index is 1.11. The molecule has 11 aromatic rings. The van der Waals surface area contributed by atoms with Crippen molar-refractivity contribution in [3.63, 3.8) is 0 Å². The van der Waals surface area contributed by atoms with E-state index in [9.17, 15) is 0 Å². The molecule has 11 aromatic carbocycles. The van der Waals surface area contributed by atoms with E-state index in [2.05, 4.69) is 243 Å². The molecule has 0 heterocycles. The van der Waals surface area contributed by atoms with Crippen molar-refractivity contribution in [1.82, 2.24) is 0 Å². The maximum Gasteiger partial charge on any atom is 0.0726 e. The average molecular weight is 826 g/mol. The quantitative estimate of drug-likeness (QED) is 0.160. The number of nitrogens with zero attached hydrogens (tertiary/aromatic N) is 1. The topological polar surface area (TPSA) is 3.24 Å². The fourth-order valence-electron chi connectivity index (χ4n) is 12.5. The molecule has 0 N–H and O–H groups in total. The summed E-state index contributed by atoms with van der Waals surface area (Å²) < 4.78 is 0. The van der Waals surface area contributed by atoms with Gasteiger partial charge in [0.1, 0.15) is 0 Å². The van der Waals surface area contributed by atoms with Crippen LogP contribution < -0.4 is 4.90 Å². The summed E-state index contributed by atoms with van der Waals surface area (Å²) in [4.78, 5) is 2.54. The zero-order chi connectivity index (χ0) is 43.0. The van der Waals surface area contributed by atoms with Gasteiger partial charge in [-0.25, -0.2) is 0 Å². The molecule has 0 amide bonds. The van der Waals surface area contributed by atoms with E-state index < -0.39 is 5.41 Å². The number of benzene rings is 11. The van der Waals surface area contributed by atoms with Gasteiger partial charge in [0, 0.05) is 22.4 Å². The molecule has 0 radical (unpaired) electrons. The van der Waals surface area contributed by atoms with Crippen LogP contribution in [-0.4, -0.2) is 0 Å². The normalized spacial score (nSPS) is 14.2. The Hall–Kier alpha value is -8.00. The molecule has 0 aromatic heterocycles. The molecule has 0 aliphatic heterocycles. The van der Waals surface area contributed by atoms with Crippen molar-refractivity contribution in [3.8, 4) is 44.5 Å². The van der Waals surface area contributed by atoms with Gasteiger partial charge in [0.2, 0.25) is 0 Å². The molecule has 14 rings (SSSR count). The number of para-hydroxylation sites is 1. The van der Waals surface area contributed by atoms with Crippen LogP contribution in [0.25, 0.3) is 76.8 Å². The summed E-state index contributed by atoms with van der Waals surface area (Å²) in [5, 5.41) is 7.61. The van der Waals surface area contributed by atoms with Gasteiger partial charge in [-0.05, 0) is 147 Å². The number of rotatable bonds is 4. The number of hydrogen-bond acceptors (Lipinski definition) is 1. The smallest absolute Gasteiger partial charge is 0.0726 e. The maximum atomic E-state index is 2.58. The second kappa shape index (κ2) is 13.3. The monoisotopic (exact) mass is 825 g/mol. The first-order valence-corrected chi connectivity index (χ1v) is 22.9. The molecule has 0 atom stereocenters. The predicted octanol–water partition coefficient (Wildman–Crippen LogP) is 16.9. The van der Waals surface area contributed by atoms with Crippen LogP contribution in [0.3, 0.4) is 0 Å². The molecule has 0 unspecified atom stereocenters. The van der Waals surface area contributed by atoms with Crippen LogP contribution in [0, 0.1) is 0 Å². The molecular weight excluding hydrogens is 783 g/mol. The third-order valence-corrected chi connectivity index (χ3v) is 15.2. The molecule has 1 spiro atoms. The summed E-state index contributed by atoms with van der Waals surface area (Å²) in [7, 11) is 0. The van der Waals surface area contributed by atoms with Crippen molar-refractivity contribution in [2.75, 3.05) is 4.90 Å². The Labute approximate surface area is 379 Å². The van der Waals surface area contributed by atoms with E-state index >= 15 is 0 Å². The third-order valence-electron chi connectivity index (χ3n) is 15.2. The minimum absolute atomic E-state index is 0.145. The van der Waals surface area contributed by atoms with E-state index in [-0.39, 0.29) is 5.41 Å². The van der Waals surface area contributed by atoms with Crippen molar-refractivity contribution in [2.24, 2.45) is 0 Å². The molecule has 1 heteroatoms. The van der Waals surface area contributed by atoms with Crippen LogP contribution in [0.5, 0.6) is 0 Å². The van der Waals surface area contributed by atoms with Crippen LogP contribution in [0.2, 0.25) is 0 Å². The van der Waals surface area contributed by atoms with Gasteiger partial charge < -0.3 is 4.90 Å². The summed E-state index contributed by atoms with van der Waals surface area (Å²) in [6, 6.07) is 84.7. The summed E-state index contributed by atoms with van der Waals surface area (Å²) in [5.41, 5.74) is 21.2. The third kappa shape index (κ3) is 4.82. The van der Waals surface area contributed by atoms with Crippen LogP contribution in [-0.2, 0) is 10.8 Å². The van der Waals surface area contributed by atoms with Crippen molar-refractivity contribution < 1.29 is 0 Å². The van der Waals surface area contributed by atoms with Crippen molar-refractivity contribution in [2.45, 2.75) is 24.7 Å². The summed E-state index contributed by atoms with van der Waals surface area (Å²) >= 11 is 0. The fourth-order valence-corrected chi connectivity index (χ4v) is 12.5. The SMILES string of the molecule is CC1(C)c2ccccc2-c2ccc(-c3cc4c(cc3N(c3ccccc3)c3ccc5c6ccccc6c6ccccc6c5c3)C3(c5ccccc5-c5ccccc53)c3ccccc3-4)cc21. The molecule has 65 heavy (non-hydrogen) atoms. The average Bonchev–Trinajstić information content (AvgIpc) is 3.92. The number of fused-ring (bicyclic) bond motifs is 19. The van der Waals surface area contributed by atoms with E-state index in [1.165, 1.54) is 110 Å². The molecule has 0 saturated carbocycles. The molecule has 3 aliphatic rings. The second-order valence-corrected chi connectivity index (χ2v) is 18.7. The predicted molar refractivity (Wildman–Crippen MR) is 273 cm³/mol. The van der Waals surface area contributed by atoms with E-state index in [0.29, 0.717) is 0 Å². The van der Waals surface area contributed by atoms with Crippen LogP contribution >= 0.6 is 0 Å². The minimum atomic E-state index is -0.491. The van der Waals surface area contributed by atoms with E-state index in [0.717, 1.165) is 17.1 Å². The maximum absolute atomic E-state index is 2.58. The van der Waals surface area contributed by atoms with E-state index in [1.807, 2.05) is 0 Å². The highest BCUT2D eigenvalue weighted by molar-refractivity contribution is 6.26. The Morgan fingerprint density at radius 3 is 1.34 bits per heavy atom. The highest BCUT2D eigenvalue weighted by atomic mass is 15.1. The Morgan fingerprint density at radius 1 is 0.277 bits per heavy atom. The first-order valence-electron chi connectivity index (χ1n) is 22.9. The Bertz CT molecular complexity index is 3730. The zero-order valence-electron chi connectivity index (χ0n) is 36.3. The summed E-state index contributed by atoms with van der Waals surface area (Å²) in [6.07, 6.45) is 0. The Kier molecular flexibility index (Phi) is 7.45. The largest absolute Gasteiger partial charge is 0.310 e. The van der Waals surface area contributed by atoms with Crippen molar-refractivity contribution >= 4 is 49.4 Å². The second-order valence-electron chi connectivity index (χ2n) is 18.7. The number of anilines is 3. The zero-order valence-corrected chi connectivity index (χ0v) is 36.3. The van der Waals surface area contributed by atoms with E-state index in [4.69, 9.17) is 0 Å². The van der Waals surface area contributed by atoms with Gasteiger partial charge in [0.05, 0.1) is 11.1 Å². The highest BCUT2D eigenvalue weighted by Gasteiger charge is 2.52. The minimum Gasteiger partial charge on any atom is -0.310 e. The standard InChI is InChI=1S/C64H43N/c1-63(2)56-28-14-10-24-48(56)52-34-32-40(36-60(52)63)53-38-55-51-27-13-17-31-59(51)64(57-29-15-11-25-49(57)50-26-12-16-30-58(50)64)61(55)39-62(53)65(41-18-4-3-5-19-41)42-33-35-47-45-22-7-6-20-43(45)44-21-8-9-23-46(44)54(47)37-42/h3-39H,1-2H3. The molecule has 304 valence electrons. The molecule has 0 bridgehead atoms. The van der Waals surface area contributed by atoms with Gasteiger partial charge in [0.25, 0.3) is 0 Å². The Morgan fingerprint density at radius 2 is 0.738 bits per heavy atom. The first-order chi connectivity index (χ1) is 32.0. The highest BCUT2D eigenvalue weighted by Crippen LogP contribution is 2.64. The lowest BCUT2D eigenvalue weighted by atomic mass is 9.70. The number of hydrogen-bond donors (Lipinski definition) is 0. The molecule has 0 saturated heterocycles. The molecule has 1 nitrogen and oxygen atoms in total. The summed E-state index contributed by atoms with van der Waals surface area (Å²) in [6.45, 7) is 4.78. The van der Waals surface area contributed by atoms with Crippen LogP contribution in [0.15, 0.2) is 224 Å². The van der Waals surface area contributed by atoms with Crippen molar-refractivity contribution in [1.29, 1.82) is 0 Å². The van der Waals surface area contributed by atoms with Gasteiger partial charge in [0.15, 0.2) is 0 Å². The van der Waals surface area contributed by atoms with Crippen molar-refractivity contribution in [3.05, 3.63) is 258 Å². The lowest BCUT2D eigenvalue weighted by Crippen LogP contribution is -2.26.